The summed E-state index contributed by atoms with van der Waals surface area (Å²) < 4.78 is 0. The van der Waals surface area contributed by atoms with Crippen LogP contribution >= 0.6 is 0 Å². The zero-order valence-corrected chi connectivity index (χ0v) is 13.2. The van der Waals surface area contributed by atoms with Gasteiger partial charge in [-0.3, -0.25) is 0 Å². The number of aliphatic carboxylic acids is 1. The number of amides is 2. The molecule has 2 saturated heterocycles. The summed E-state index contributed by atoms with van der Waals surface area (Å²) in [7, 11) is 0. The molecule has 0 radical (unpaired) electrons. The van der Waals surface area contributed by atoms with Crippen molar-refractivity contribution in [1.29, 1.82) is 0 Å². The molecule has 21 heavy (non-hydrogen) atoms. The summed E-state index contributed by atoms with van der Waals surface area (Å²) in [6, 6.07) is -0.515. The van der Waals surface area contributed by atoms with Gasteiger partial charge in [-0.15, -0.1) is 0 Å². The normalized spacial score (nSPS) is 27.8. The van der Waals surface area contributed by atoms with E-state index in [1.54, 1.807) is 0 Å². The highest BCUT2D eigenvalue weighted by molar-refractivity contribution is 5.83. The van der Waals surface area contributed by atoms with Crippen LogP contribution in [0.25, 0.3) is 0 Å². The Kier molecular flexibility index (Phi) is 4.76. The first kappa shape index (κ1) is 16.1. The molecule has 0 saturated carbocycles. The summed E-state index contributed by atoms with van der Waals surface area (Å²) in [6.45, 7) is 7.63. The summed E-state index contributed by atoms with van der Waals surface area (Å²) in [5.74, 6) is -0.997. The Morgan fingerprint density at radius 3 is 2.57 bits per heavy atom. The largest absolute Gasteiger partial charge is 0.480 e. The molecule has 6 nitrogen and oxygen atoms in total. The van der Waals surface area contributed by atoms with Crippen molar-refractivity contribution in [2.45, 2.75) is 64.6 Å². The Morgan fingerprint density at radius 1 is 1.24 bits per heavy atom. The lowest BCUT2D eigenvalue weighted by molar-refractivity contribution is -0.141. The van der Waals surface area contributed by atoms with Gasteiger partial charge >= 0.3 is 12.0 Å². The Labute approximate surface area is 126 Å². The minimum absolute atomic E-state index is 0.152. The highest BCUT2D eigenvalue weighted by atomic mass is 16.4. The van der Waals surface area contributed by atoms with E-state index in [2.05, 4.69) is 15.5 Å². The standard InChI is InChI=1S/C15H27N3O3/c1-15(2,3)12(13(19)20)17-14(21)16-10-6-8-18-7-4-5-11(18)9-10/h10-12H,4-9H2,1-3H3,(H,19,20)(H2,16,17,21)/t10?,11?,12-/m1/s1. The minimum atomic E-state index is -0.997. The maximum absolute atomic E-state index is 12.1. The van der Waals surface area contributed by atoms with Crippen molar-refractivity contribution in [1.82, 2.24) is 15.5 Å². The molecule has 0 aromatic heterocycles. The van der Waals surface area contributed by atoms with Crippen LogP contribution in [0.4, 0.5) is 4.79 Å². The summed E-state index contributed by atoms with van der Waals surface area (Å²) >= 11 is 0. The third kappa shape index (κ3) is 4.09. The maximum atomic E-state index is 12.1. The first-order valence-electron chi connectivity index (χ1n) is 7.81. The van der Waals surface area contributed by atoms with E-state index >= 15 is 0 Å². The molecular formula is C15H27N3O3. The molecular weight excluding hydrogens is 270 g/mol. The Hall–Kier alpha value is -1.30. The quantitative estimate of drug-likeness (QED) is 0.735. The van der Waals surface area contributed by atoms with Crippen molar-refractivity contribution in [3.63, 3.8) is 0 Å². The van der Waals surface area contributed by atoms with E-state index in [0.29, 0.717) is 6.04 Å². The molecule has 3 atom stereocenters. The van der Waals surface area contributed by atoms with Gasteiger partial charge in [0.05, 0.1) is 0 Å². The second-order valence-corrected chi connectivity index (χ2v) is 7.31. The molecule has 0 bridgehead atoms. The predicted molar refractivity (Wildman–Crippen MR) is 80.2 cm³/mol. The number of nitrogens with zero attached hydrogens (tertiary/aromatic N) is 1. The Morgan fingerprint density at radius 2 is 1.95 bits per heavy atom. The van der Waals surface area contributed by atoms with Gasteiger partial charge in [-0.2, -0.15) is 0 Å². The van der Waals surface area contributed by atoms with Gasteiger partial charge in [0.2, 0.25) is 0 Å². The number of nitrogens with one attached hydrogen (secondary N) is 2. The molecule has 2 rings (SSSR count). The molecule has 3 N–H and O–H groups in total. The Balaban J connectivity index is 1.85. The molecule has 0 spiro atoms. The molecule has 2 aliphatic rings. The van der Waals surface area contributed by atoms with E-state index in [4.69, 9.17) is 0 Å². The lowest BCUT2D eigenvalue weighted by atomic mass is 9.87. The summed E-state index contributed by atoms with van der Waals surface area (Å²) in [6.07, 6.45) is 4.37. The highest BCUT2D eigenvalue weighted by Crippen LogP contribution is 2.26. The fraction of sp³-hybridized carbons (Fsp3) is 0.867. The van der Waals surface area contributed by atoms with Gasteiger partial charge in [0.25, 0.3) is 0 Å². The number of hydrogen-bond donors (Lipinski definition) is 3. The van der Waals surface area contributed by atoms with Crippen LogP contribution in [0, 0.1) is 5.41 Å². The summed E-state index contributed by atoms with van der Waals surface area (Å²) in [4.78, 5) is 25.8. The number of urea groups is 1. The first-order chi connectivity index (χ1) is 9.77. The van der Waals surface area contributed by atoms with Crippen molar-refractivity contribution in [2.75, 3.05) is 13.1 Å². The van der Waals surface area contributed by atoms with Crippen LogP contribution in [-0.2, 0) is 4.79 Å². The third-order valence-corrected chi connectivity index (χ3v) is 4.54. The molecule has 6 heteroatoms. The van der Waals surface area contributed by atoms with Crippen LogP contribution in [0.5, 0.6) is 0 Å². The third-order valence-electron chi connectivity index (χ3n) is 4.54. The van der Waals surface area contributed by atoms with Crippen LogP contribution in [0.15, 0.2) is 0 Å². The number of carbonyl (C=O) groups excluding carboxylic acids is 1. The molecule has 0 aromatic rings. The lowest BCUT2D eigenvalue weighted by Gasteiger charge is -2.35. The van der Waals surface area contributed by atoms with Crippen molar-refractivity contribution in [3.8, 4) is 0 Å². The molecule has 0 aliphatic carbocycles. The fourth-order valence-electron chi connectivity index (χ4n) is 3.36. The Bertz CT molecular complexity index is 405. The second kappa shape index (κ2) is 6.22. The molecule has 2 amide bonds. The lowest BCUT2D eigenvalue weighted by Crippen LogP contribution is -2.55. The summed E-state index contributed by atoms with van der Waals surface area (Å²) in [5, 5.41) is 14.8. The van der Waals surface area contributed by atoms with Crippen LogP contribution in [0.3, 0.4) is 0 Å². The van der Waals surface area contributed by atoms with Crippen molar-refractivity contribution in [2.24, 2.45) is 5.41 Å². The zero-order valence-electron chi connectivity index (χ0n) is 13.2. The van der Waals surface area contributed by atoms with Gasteiger partial charge in [0.15, 0.2) is 0 Å². The smallest absolute Gasteiger partial charge is 0.326 e. The van der Waals surface area contributed by atoms with Crippen molar-refractivity contribution < 1.29 is 14.7 Å². The van der Waals surface area contributed by atoms with Crippen LogP contribution < -0.4 is 10.6 Å². The van der Waals surface area contributed by atoms with Gasteiger partial charge in [0.1, 0.15) is 6.04 Å². The topological polar surface area (TPSA) is 81.7 Å². The minimum Gasteiger partial charge on any atom is -0.480 e. The second-order valence-electron chi connectivity index (χ2n) is 7.31. The van der Waals surface area contributed by atoms with E-state index in [1.165, 1.54) is 19.4 Å². The van der Waals surface area contributed by atoms with Crippen molar-refractivity contribution in [3.05, 3.63) is 0 Å². The molecule has 2 fully saturated rings. The van der Waals surface area contributed by atoms with E-state index in [1.807, 2.05) is 20.8 Å². The van der Waals surface area contributed by atoms with Crippen LogP contribution in [-0.4, -0.2) is 53.2 Å². The van der Waals surface area contributed by atoms with Gasteiger partial charge in [-0.1, -0.05) is 20.8 Å². The number of carboxylic acid groups (broad SMARTS) is 1. The van der Waals surface area contributed by atoms with Crippen LogP contribution in [0.1, 0.15) is 46.5 Å². The monoisotopic (exact) mass is 297 g/mol. The average molecular weight is 297 g/mol. The summed E-state index contributed by atoms with van der Waals surface area (Å²) in [5.41, 5.74) is -0.516. The molecule has 2 unspecified atom stereocenters. The SMILES string of the molecule is CC(C)(C)[C@H](NC(=O)NC1CCN2CCCC2C1)C(=O)O. The molecule has 120 valence electrons. The number of piperidine rings is 1. The number of fused-ring (bicyclic) bond motifs is 1. The van der Waals surface area contributed by atoms with Gasteiger partial charge in [-0.05, 0) is 37.6 Å². The molecule has 2 aliphatic heterocycles. The van der Waals surface area contributed by atoms with Crippen LogP contribution in [0.2, 0.25) is 0 Å². The highest BCUT2D eigenvalue weighted by Gasteiger charge is 2.35. The predicted octanol–water partition coefficient (Wildman–Crippen LogP) is 1.41. The fourth-order valence-corrected chi connectivity index (χ4v) is 3.36. The molecule has 2 heterocycles. The maximum Gasteiger partial charge on any atom is 0.326 e. The van der Waals surface area contributed by atoms with Crippen molar-refractivity contribution >= 4 is 12.0 Å². The average Bonchev–Trinajstić information content (AvgIpc) is 2.81. The van der Waals surface area contributed by atoms with Gasteiger partial charge in [-0.25, -0.2) is 9.59 Å². The number of hydrogen-bond acceptors (Lipinski definition) is 3. The molecule has 0 aromatic carbocycles. The van der Waals surface area contributed by atoms with Gasteiger partial charge < -0.3 is 20.6 Å². The number of rotatable bonds is 3. The first-order valence-corrected chi connectivity index (χ1v) is 7.81. The van der Waals surface area contributed by atoms with E-state index in [0.717, 1.165) is 19.4 Å². The van der Waals surface area contributed by atoms with E-state index < -0.39 is 17.4 Å². The zero-order chi connectivity index (χ0) is 15.6. The number of carbonyl (C=O) groups is 2. The van der Waals surface area contributed by atoms with E-state index in [-0.39, 0.29) is 12.1 Å². The van der Waals surface area contributed by atoms with E-state index in [9.17, 15) is 14.7 Å². The number of carboxylic acids is 1. The van der Waals surface area contributed by atoms with Gasteiger partial charge in [0, 0.05) is 18.6 Å².